The van der Waals surface area contributed by atoms with Gasteiger partial charge in [-0.25, -0.2) is 0 Å². The standard InChI is InChI=1S/C16H25NO3/c1-5-20-14-7-6-13(10-12(14)11-18)17-15(19)8-9-16(2,3)4/h6-7,10,18H,5,8-9,11H2,1-4H3,(H,17,19). The summed E-state index contributed by atoms with van der Waals surface area (Å²) >= 11 is 0. The molecule has 0 atom stereocenters. The van der Waals surface area contributed by atoms with Gasteiger partial charge in [0.15, 0.2) is 0 Å². The molecule has 0 aliphatic rings. The minimum absolute atomic E-state index is 0.00650. The Balaban J connectivity index is 2.66. The normalized spacial score (nSPS) is 11.2. The maximum Gasteiger partial charge on any atom is 0.224 e. The second-order valence-electron chi connectivity index (χ2n) is 6.02. The summed E-state index contributed by atoms with van der Waals surface area (Å²) in [5.74, 6) is 0.649. The lowest BCUT2D eigenvalue weighted by Crippen LogP contribution is -2.15. The highest BCUT2D eigenvalue weighted by Gasteiger charge is 2.13. The lowest BCUT2D eigenvalue weighted by molar-refractivity contribution is -0.116. The summed E-state index contributed by atoms with van der Waals surface area (Å²) in [7, 11) is 0. The zero-order valence-corrected chi connectivity index (χ0v) is 12.8. The molecule has 0 heterocycles. The molecule has 1 aromatic rings. The SMILES string of the molecule is CCOc1ccc(NC(=O)CCC(C)(C)C)cc1CO. The third-order valence-corrected chi connectivity index (χ3v) is 2.92. The van der Waals surface area contributed by atoms with Gasteiger partial charge in [0.25, 0.3) is 0 Å². The van der Waals surface area contributed by atoms with Gasteiger partial charge < -0.3 is 15.2 Å². The predicted molar refractivity (Wildman–Crippen MR) is 80.9 cm³/mol. The number of carbonyl (C=O) groups is 1. The van der Waals surface area contributed by atoms with Crippen molar-refractivity contribution in [1.82, 2.24) is 0 Å². The van der Waals surface area contributed by atoms with Crippen molar-refractivity contribution >= 4 is 11.6 Å². The molecule has 0 saturated heterocycles. The molecule has 0 radical (unpaired) electrons. The summed E-state index contributed by atoms with van der Waals surface area (Å²) < 4.78 is 5.41. The second kappa shape index (κ2) is 7.29. The fourth-order valence-corrected chi connectivity index (χ4v) is 1.79. The van der Waals surface area contributed by atoms with Crippen LogP contribution in [0.15, 0.2) is 18.2 Å². The van der Waals surface area contributed by atoms with Crippen LogP contribution in [0.4, 0.5) is 5.69 Å². The van der Waals surface area contributed by atoms with Crippen LogP contribution in [-0.4, -0.2) is 17.6 Å². The lowest BCUT2D eigenvalue weighted by atomic mass is 9.90. The first-order valence-corrected chi connectivity index (χ1v) is 7.02. The Morgan fingerprint density at radius 1 is 1.35 bits per heavy atom. The molecule has 4 heteroatoms. The average Bonchev–Trinajstić information content (AvgIpc) is 2.37. The second-order valence-corrected chi connectivity index (χ2v) is 6.02. The van der Waals surface area contributed by atoms with Gasteiger partial charge in [0.1, 0.15) is 5.75 Å². The molecule has 0 unspecified atom stereocenters. The van der Waals surface area contributed by atoms with Gasteiger partial charge in [0.2, 0.25) is 5.91 Å². The number of benzene rings is 1. The highest BCUT2D eigenvalue weighted by molar-refractivity contribution is 5.90. The molecule has 0 aliphatic heterocycles. The Labute approximate surface area is 121 Å². The number of anilines is 1. The first-order valence-electron chi connectivity index (χ1n) is 7.02. The minimum atomic E-state index is -0.110. The van der Waals surface area contributed by atoms with Crippen molar-refractivity contribution in [3.63, 3.8) is 0 Å². The lowest BCUT2D eigenvalue weighted by Gasteiger charge is -2.17. The van der Waals surface area contributed by atoms with Gasteiger partial charge >= 0.3 is 0 Å². The zero-order chi connectivity index (χ0) is 15.2. The topological polar surface area (TPSA) is 58.6 Å². The monoisotopic (exact) mass is 279 g/mol. The number of rotatable bonds is 6. The first-order chi connectivity index (χ1) is 9.35. The predicted octanol–water partition coefficient (Wildman–Crippen LogP) is 3.34. The molecule has 112 valence electrons. The van der Waals surface area contributed by atoms with E-state index in [4.69, 9.17) is 4.74 Å². The van der Waals surface area contributed by atoms with E-state index in [1.807, 2.05) is 6.92 Å². The van der Waals surface area contributed by atoms with Gasteiger partial charge in [-0.1, -0.05) is 20.8 Å². The number of amides is 1. The molecule has 0 spiro atoms. The van der Waals surface area contributed by atoms with E-state index in [9.17, 15) is 9.90 Å². The molecule has 20 heavy (non-hydrogen) atoms. The van der Waals surface area contributed by atoms with Crippen molar-refractivity contribution in [1.29, 1.82) is 0 Å². The molecule has 1 aromatic carbocycles. The zero-order valence-electron chi connectivity index (χ0n) is 12.8. The van der Waals surface area contributed by atoms with Gasteiger partial charge in [-0.2, -0.15) is 0 Å². The summed E-state index contributed by atoms with van der Waals surface area (Å²) in [5.41, 5.74) is 1.52. The highest BCUT2D eigenvalue weighted by Crippen LogP contribution is 2.24. The molecular weight excluding hydrogens is 254 g/mol. The van der Waals surface area contributed by atoms with Crippen molar-refractivity contribution in [3.05, 3.63) is 23.8 Å². The number of nitrogens with one attached hydrogen (secondary N) is 1. The van der Waals surface area contributed by atoms with E-state index in [0.717, 1.165) is 6.42 Å². The molecule has 0 fully saturated rings. The fourth-order valence-electron chi connectivity index (χ4n) is 1.79. The van der Waals surface area contributed by atoms with Gasteiger partial charge in [-0.3, -0.25) is 4.79 Å². The van der Waals surface area contributed by atoms with E-state index < -0.39 is 0 Å². The van der Waals surface area contributed by atoms with E-state index >= 15 is 0 Å². The number of ether oxygens (including phenoxy) is 1. The van der Waals surface area contributed by atoms with Crippen LogP contribution in [0.25, 0.3) is 0 Å². The van der Waals surface area contributed by atoms with E-state index in [0.29, 0.717) is 30.0 Å². The molecule has 0 saturated carbocycles. The number of hydrogen-bond donors (Lipinski definition) is 2. The Hall–Kier alpha value is -1.55. The van der Waals surface area contributed by atoms with Gasteiger partial charge in [0, 0.05) is 17.7 Å². The quantitative estimate of drug-likeness (QED) is 0.839. The summed E-state index contributed by atoms with van der Waals surface area (Å²) in [6.07, 6.45) is 1.33. The first kappa shape index (κ1) is 16.5. The van der Waals surface area contributed by atoms with Crippen molar-refractivity contribution in [2.75, 3.05) is 11.9 Å². The van der Waals surface area contributed by atoms with Gasteiger partial charge in [-0.15, -0.1) is 0 Å². The summed E-state index contributed by atoms with van der Waals surface area (Å²) in [6.45, 7) is 8.66. The Bertz CT molecular complexity index is 450. The van der Waals surface area contributed by atoms with Crippen LogP contribution in [0.1, 0.15) is 46.1 Å². The van der Waals surface area contributed by atoms with E-state index in [1.165, 1.54) is 0 Å². The van der Waals surface area contributed by atoms with Crippen LogP contribution in [0.2, 0.25) is 0 Å². The molecule has 1 rings (SSSR count). The van der Waals surface area contributed by atoms with Crippen molar-refractivity contribution in [3.8, 4) is 5.75 Å². The van der Waals surface area contributed by atoms with Gasteiger partial charge in [-0.05, 0) is 37.0 Å². The summed E-state index contributed by atoms with van der Waals surface area (Å²) in [6, 6.07) is 5.31. The third kappa shape index (κ3) is 5.61. The van der Waals surface area contributed by atoms with E-state index in [1.54, 1.807) is 18.2 Å². The molecule has 2 N–H and O–H groups in total. The third-order valence-electron chi connectivity index (χ3n) is 2.92. The van der Waals surface area contributed by atoms with Crippen LogP contribution in [0.5, 0.6) is 5.75 Å². The number of hydrogen-bond acceptors (Lipinski definition) is 3. The smallest absolute Gasteiger partial charge is 0.224 e. The van der Waals surface area contributed by atoms with Crippen LogP contribution in [0, 0.1) is 5.41 Å². The maximum atomic E-state index is 11.9. The summed E-state index contributed by atoms with van der Waals surface area (Å²) in [5, 5.41) is 12.2. The number of aliphatic hydroxyl groups excluding tert-OH is 1. The van der Waals surface area contributed by atoms with Crippen LogP contribution in [-0.2, 0) is 11.4 Å². The van der Waals surface area contributed by atoms with Crippen LogP contribution < -0.4 is 10.1 Å². The van der Waals surface area contributed by atoms with E-state index in [2.05, 4.69) is 26.1 Å². The average molecular weight is 279 g/mol. The molecular formula is C16H25NO3. The van der Waals surface area contributed by atoms with E-state index in [-0.39, 0.29) is 17.9 Å². The Morgan fingerprint density at radius 3 is 2.60 bits per heavy atom. The fraction of sp³-hybridized carbons (Fsp3) is 0.562. The molecule has 1 amide bonds. The minimum Gasteiger partial charge on any atom is -0.494 e. The van der Waals surface area contributed by atoms with Crippen LogP contribution >= 0.6 is 0 Å². The van der Waals surface area contributed by atoms with Crippen molar-refractivity contribution < 1.29 is 14.6 Å². The van der Waals surface area contributed by atoms with Gasteiger partial charge in [0.05, 0.1) is 13.2 Å². The maximum absolute atomic E-state index is 11.9. The Kier molecular flexibility index (Phi) is 6.02. The number of carbonyl (C=O) groups excluding carboxylic acids is 1. The van der Waals surface area contributed by atoms with Crippen molar-refractivity contribution in [2.45, 2.75) is 47.1 Å². The molecule has 0 aromatic heterocycles. The van der Waals surface area contributed by atoms with Crippen LogP contribution in [0.3, 0.4) is 0 Å². The molecule has 0 aliphatic carbocycles. The Morgan fingerprint density at radius 2 is 2.05 bits per heavy atom. The molecule has 0 bridgehead atoms. The van der Waals surface area contributed by atoms with Crippen molar-refractivity contribution in [2.24, 2.45) is 5.41 Å². The highest BCUT2D eigenvalue weighted by atomic mass is 16.5. The summed E-state index contributed by atoms with van der Waals surface area (Å²) in [4.78, 5) is 11.9. The molecule has 4 nitrogen and oxygen atoms in total. The number of aliphatic hydroxyl groups is 1. The largest absolute Gasteiger partial charge is 0.494 e.